The SMILES string of the molecule is COC(=O)CCCN[C@@H](C)c1ccccc1Cl. The van der Waals surface area contributed by atoms with Crippen molar-refractivity contribution >= 4 is 17.6 Å². The number of hydrogen-bond acceptors (Lipinski definition) is 3. The van der Waals surface area contributed by atoms with Crippen LogP contribution in [-0.4, -0.2) is 19.6 Å². The lowest BCUT2D eigenvalue weighted by molar-refractivity contribution is -0.140. The number of rotatable bonds is 6. The van der Waals surface area contributed by atoms with E-state index in [0.29, 0.717) is 6.42 Å². The lowest BCUT2D eigenvalue weighted by atomic mass is 10.1. The van der Waals surface area contributed by atoms with Crippen molar-refractivity contribution in [2.45, 2.75) is 25.8 Å². The van der Waals surface area contributed by atoms with Crippen molar-refractivity contribution in [2.24, 2.45) is 0 Å². The van der Waals surface area contributed by atoms with Gasteiger partial charge in [0.15, 0.2) is 0 Å². The maximum Gasteiger partial charge on any atom is 0.305 e. The number of halogens is 1. The summed E-state index contributed by atoms with van der Waals surface area (Å²) in [4.78, 5) is 10.9. The third kappa shape index (κ3) is 4.75. The van der Waals surface area contributed by atoms with Gasteiger partial charge in [0.05, 0.1) is 7.11 Å². The Morgan fingerprint density at radius 1 is 1.47 bits per heavy atom. The molecule has 0 spiro atoms. The second-order valence-corrected chi connectivity index (χ2v) is 4.28. The Labute approximate surface area is 107 Å². The molecule has 0 aliphatic carbocycles. The lowest BCUT2D eigenvalue weighted by Crippen LogP contribution is -2.20. The number of ether oxygens (including phenoxy) is 1. The minimum absolute atomic E-state index is 0.169. The maximum absolute atomic E-state index is 10.9. The highest BCUT2D eigenvalue weighted by atomic mass is 35.5. The van der Waals surface area contributed by atoms with E-state index < -0.39 is 0 Å². The van der Waals surface area contributed by atoms with Crippen molar-refractivity contribution in [2.75, 3.05) is 13.7 Å². The van der Waals surface area contributed by atoms with Gasteiger partial charge in [0, 0.05) is 17.5 Å². The molecule has 0 bridgehead atoms. The van der Waals surface area contributed by atoms with Crippen molar-refractivity contribution in [3.63, 3.8) is 0 Å². The molecule has 0 heterocycles. The largest absolute Gasteiger partial charge is 0.469 e. The molecule has 0 fully saturated rings. The number of hydrogen-bond donors (Lipinski definition) is 1. The van der Waals surface area contributed by atoms with E-state index >= 15 is 0 Å². The number of benzene rings is 1. The van der Waals surface area contributed by atoms with E-state index in [-0.39, 0.29) is 12.0 Å². The van der Waals surface area contributed by atoms with Gasteiger partial charge < -0.3 is 10.1 Å². The zero-order valence-corrected chi connectivity index (χ0v) is 11.0. The molecule has 0 unspecified atom stereocenters. The summed E-state index contributed by atoms with van der Waals surface area (Å²) in [5.41, 5.74) is 1.08. The van der Waals surface area contributed by atoms with Gasteiger partial charge in [0.25, 0.3) is 0 Å². The van der Waals surface area contributed by atoms with Crippen molar-refractivity contribution in [3.8, 4) is 0 Å². The quantitative estimate of drug-likeness (QED) is 0.627. The molecule has 0 radical (unpaired) electrons. The Kier molecular flexibility index (Phi) is 6.01. The third-order valence-electron chi connectivity index (χ3n) is 2.61. The summed E-state index contributed by atoms with van der Waals surface area (Å²) in [5.74, 6) is -0.169. The molecule has 1 aromatic carbocycles. The predicted molar refractivity (Wildman–Crippen MR) is 69.1 cm³/mol. The van der Waals surface area contributed by atoms with Crippen molar-refractivity contribution in [1.29, 1.82) is 0 Å². The van der Waals surface area contributed by atoms with Crippen LogP contribution in [0.2, 0.25) is 5.02 Å². The van der Waals surface area contributed by atoms with Crippen LogP contribution in [-0.2, 0) is 9.53 Å². The zero-order chi connectivity index (χ0) is 12.7. The van der Waals surface area contributed by atoms with Crippen molar-refractivity contribution in [1.82, 2.24) is 5.32 Å². The monoisotopic (exact) mass is 255 g/mol. The van der Waals surface area contributed by atoms with Crippen LogP contribution in [0, 0.1) is 0 Å². The molecule has 1 N–H and O–H groups in total. The summed E-state index contributed by atoms with van der Waals surface area (Å²) in [6.45, 7) is 2.82. The molecule has 0 saturated heterocycles. The highest BCUT2D eigenvalue weighted by Crippen LogP contribution is 2.21. The van der Waals surface area contributed by atoms with E-state index in [1.54, 1.807) is 0 Å². The second-order valence-electron chi connectivity index (χ2n) is 3.88. The molecule has 1 rings (SSSR count). The van der Waals surface area contributed by atoms with Gasteiger partial charge in [-0.25, -0.2) is 0 Å². The third-order valence-corrected chi connectivity index (χ3v) is 2.95. The Hall–Kier alpha value is -1.06. The van der Waals surface area contributed by atoms with Gasteiger partial charge in [0.2, 0.25) is 0 Å². The Balaban J connectivity index is 2.33. The summed E-state index contributed by atoms with van der Waals surface area (Å²) in [6.07, 6.45) is 1.21. The highest BCUT2D eigenvalue weighted by molar-refractivity contribution is 6.31. The molecule has 17 heavy (non-hydrogen) atoms. The molecular formula is C13H18ClNO2. The summed E-state index contributed by atoms with van der Waals surface area (Å²) in [7, 11) is 1.40. The minimum Gasteiger partial charge on any atom is -0.469 e. The first-order valence-electron chi connectivity index (χ1n) is 5.69. The van der Waals surface area contributed by atoms with E-state index in [1.165, 1.54) is 7.11 Å². The summed E-state index contributed by atoms with van der Waals surface area (Å²) in [6, 6.07) is 7.94. The lowest BCUT2D eigenvalue weighted by Gasteiger charge is -2.15. The average molecular weight is 256 g/mol. The van der Waals surface area contributed by atoms with Crippen molar-refractivity contribution < 1.29 is 9.53 Å². The van der Waals surface area contributed by atoms with Gasteiger partial charge in [-0.15, -0.1) is 0 Å². The Bertz CT molecular complexity index is 368. The molecule has 0 aliphatic heterocycles. The molecule has 94 valence electrons. The summed E-state index contributed by atoms with van der Waals surface area (Å²) >= 11 is 6.09. The van der Waals surface area contributed by atoms with Crippen LogP contribution in [0.1, 0.15) is 31.4 Å². The van der Waals surface area contributed by atoms with Gasteiger partial charge in [0.1, 0.15) is 0 Å². The fourth-order valence-electron chi connectivity index (χ4n) is 1.59. The van der Waals surface area contributed by atoms with Crippen LogP contribution < -0.4 is 5.32 Å². The number of methoxy groups -OCH3 is 1. The first-order chi connectivity index (χ1) is 8.15. The van der Waals surface area contributed by atoms with E-state index in [4.69, 9.17) is 11.6 Å². The molecule has 1 aromatic rings. The Morgan fingerprint density at radius 3 is 2.82 bits per heavy atom. The maximum atomic E-state index is 10.9. The smallest absolute Gasteiger partial charge is 0.305 e. The number of carbonyl (C=O) groups is 1. The van der Waals surface area contributed by atoms with Gasteiger partial charge in [-0.05, 0) is 31.5 Å². The number of carbonyl (C=O) groups excluding carboxylic acids is 1. The first-order valence-corrected chi connectivity index (χ1v) is 6.07. The van der Waals surface area contributed by atoms with Crippen LogP contribution in [0.15, 0.2) is 24.3 Å². The van der Waals surface area contributed by atoms with E-state index in [1.807, 2.05) is 24.3 Å². The van der Waals surface area contributed by atoms with E-state index in [2.05, 4.69) is 17.0 Å². The fourth-order valence-corrected chi connectivity index (χ4v) is 1.89. The van der Waals surface area contributed by atoms with Crippen molar-refractivity contribution in [3.05, 3.63) is 34.9 Å². The molecular weight excluding hydrogens is 238 g/mol. The van der Waals surface area contributed by atoms with Crippen LogP contribution in [0.5, 0.6) is 0 Å². The standard InChI is InChI=1S/C13H18ClNO2/c1-10(11-6-3-4-7-12(11)14)15-9-5-8-13(16)17-2/h3-4,6-7,10,15H,5,8-9H2,1-2H3/t10-/m0/s1. The zero-order valence-electron chi connectivity index (χ0n) is 10.2. The van der Waals surface area contributed by atoms with E-state index in [9.17, 15) is 4.79 Å². The number of esters is 1. The van der Waals surface area contributed by atoms with Gasteiger partial charge in [-0.1, -0.05) is 29.8 Å². The molecule has 0 aromatic heterocycles. The molecule has 0 amide bonds. The minimum atomic E-state index is -0.169. The van der Waals surface area contributed by atoms with E-state index in [0.717, 1.165) is 23.6 Å². The van der Waals surface area contributed by atoms with Gasteiger partial charge in [-0.3, -0.25) is 4.79 Å². The summed E-state index contributed by atoms with van der Waals surface area (Å²) in [5, 5.41) is 4.09. The Morgan fingerprint density at radius 2 is 2.18 bits per heavy atom. The van der Waals surface area contributed by atoms with Crippen LogP contribution >= 0.6 is 11.6 Å². The number of nitrogens with one attached hydrogen (secondary N) is 1. The predicted octanol–water partition coefficient (Wildman–Crippen LogP) is 2.94. The molecule has 3 nitrogen and oxygen atoms in total. The van der Waals surface area contributed by atoms with Crippen LogP contribution in [0.4, 0.5) is 0 Å². The average Bonchev–Trinajstić information content (AvgIpc) is 2.34. The first kappa shape index (κ1) is 14.0. The fraction of sp³-hybridized carbons (Fsp3) is 0.462. The highest BCUT2D eigenvalue weighted by Gasteiger charge is 2.08. The molecule has 1 atom stereocenters. The topological polar surface area (TPSA) is 38.3 Å². The molecule has 0 saturated carbocycles. The molecule has 0 aliphatic rings. The van der Waals surface area contributed by atoms with Gasteiger partial charge >= 0.3 is 5.97 Å². The summed E-state index contributed by atoms with van der Waals surface area (Å²) < 4.78 is 4.57. The van der Waals surface area contributed by atoms with Crippen LogP contribution in [0.3, 0.4) is 0 Å². The normalized spacial score (nSPS) is 12.2. The molecule has 4 heteroatoms. The second kappa shape index (κ2) is 7.30. The van der Waals surface area contributed by atoms with Gasteiger partial charge in [-0.2, -0.15) is 0 Å². The van der Waals surface area contributed by atoms with Crippen LogP contribution in [0.25, 0.3) is 0 Å².